The zero-order chi connectivity index (χ0) is 23.3. The summed E-state index contributed by atoms with van der Waals surface area (Å²) in [7, 11) is 0. The van der Waals surface area contributed by atoms with Gasteiger partial charge in [-0.3, -0.25) is 9.59 Å². The largest absolute Gasteiger partial charge is 0.484 e. The fourth-order valence-corrected chi connectivity index (χ4v) is 3.87. The van der Waals surface area contributed by atoms with Gasteiger partial charge in [0.15, 0.2) is 13.2 Å². The Balaban J connectivity index is 1.40. The Morgan fingerprint density at radius 3 is 2.22 bits per heavy atom. The molecule has 1 saturated heterocycles. The lowest BCUT2D eigenvalue weighted by Crippen LogP contribution is -2.48. The van der Waals surface area contributed by atoms with Gasteiger partial charge >= 0.3 is 0 Å². The fraction of sp³-hybridized carbons (Fsp3) is 0.462. The number of carbonyl (C=O) groups excluding carboxylic acids is 2. The minimum atomic E-state index is -0.131. The molecule has 2 aromatic rings. The number of ether oxygens (including phenoxy) is 2. The molecule has 0 radical (unpaired) electrons. The van der Waals surface area contributed by atoms with Gasteiger partial charge in [0.25, 0.3) is 11.8 Å². The summed E-state index contributed by atoms with van der Waals surface area (Å²) in [5.41, 5.74) is 5.57. The van der Waals surface area contributed by atoms with Crippen molar-refractivity contribution >= 4 is 11.8 Å². The topological polar surface area (TPSA) is 67.9 Å². The molecule has 32 heavy (non-hydrogen) atoms. The predicted octanol–water partition coefficient (Wildman–Crippen LogP) is 3.79. The van der Waals surface area contributed by atoms with Gasteiger partial charge in [-0.15, -0.1) is 0 Å². The van der Waals surface area contributed by atoms with Crippen LogP contribution in [0.3, 0.4) is 0 Å². The summed E-state index contributed by atoms with van der Waals surface area (Å²) in [6.07, 6.45) is 1.45. The highest BCUT2D eigenvalue weighted by molar-refractivity contribution is 5.79. The second-order valence-electron chi connectivity index (χ2n) is 8.70. The quantitative estimate of drug-likeness (QED) is 0.714. The summed E-state index contributed by atoms with van der Waals surface area (Å²) in [5.74, 6) is 1.34. The molecule has 1 N–H and O–H groups in total. The van der Waals surface area contributed by atoms with Gasteiger partial charge in [-0.2, -0.15) is 0 Å². The maximum Gasteiger partial charge on any atom is 0.260 e. The first-order valence-electron chi connectivity index (χ1n) is 11.2. The molecule has 0 aliphatic carbocycles. The van der Waals surface area contributed by atoms with Crippen molar-refractivity contribution in [3.05, 3.63) is 58.1 Å². The summed E-state index contributed by atoms with van der Waals surface area (Å²) in [4.78, 5) is 26.7. The third kappa shape index (κ3) is 6.02. The van der Waals surface area contributed by atoms with Crippen LogP contribution in [0.25, 0.3) is 0 Å². The van der Waals surface area contributed by atoms with Crippen LogP contribution in [0, 0.1) is 34.6 Å². The van der Waals surface area contributed by atoms with Crippen molar-refractivity contribution in [1.29, 1.82) is 0 Å². The van der Waals surface area contributed by atoms with Crippen LogP contribution >= 0.6 is 0 Å². The Kier molecular flexibility index (Phi) is 7.78. The van der Waals surface area contributed by atoms with E-state index in [1.54, 1.807) is 4.90 Å². The van der Waals surface area contributed by atoms with Crippen LogP contribution in [0.15, 0.2) is 30.3 Å². The Labute approximate surface area is 190 Å². The van der Waals surface area contributed by atoms with Crippen LogP contribution in [0.5, 0.6) is 11.5 Å². The van der Waals surface area contributed by atoms with E-state index < -0.39 is 0 Å². The van der Waals surface area contributed by atoms with Gasteiger partial charge in [0.1, 0.15) is 11.5 Å². The number of rotatable bonds is 7. The van der Waals surface area contributed by atoms with Crippen molar-refractivity contribution in [2.75, 3.05) is 26.3 Å². The number of benzene rings is 2. The number of likely N-dealkylation sites (tertiary alicyclic amines) is 1. The van der Waals surface area contributed by atoms with Crippen LogP contribution in [0.4, 0.5) is 0 Å². The molecule has 3 rings (SSSR count). The minimum absolute atomic E-state index is 0.00587. The van der Waals surface area contributed by atoms with Gasteiger partial charge in [-0.05, 0) is 87.4 Å². The zero-order valence-corrected chi connectivity index (χ0v) is 19.8. The third-order valence-corrected chi connectivity index (χ3v) is 6.27. The molecule has 2 amide bonds. The summed E-state index contributed by atoms with van der Waals surface area (Å²) >= 11 is 0. The summed E-state index contributed by atoms with van der Waals surface area (Å²) in [6, 6.07) is 9.95. The fourth-order valence-electron chi connectivity index (χ4n) is 3.87. The summed E-state index contributed by atoms with van der Waals surface area (Å²) < 4.78 is 11.5. The van der Waals surface area contributed by atoms with Gasteiger partial charge < -0.3 is 19.7 Å². The smallest absolute Gasteiger partial charge is 0.260 e. The van der Waals surface area contributed by atoms with Crippen LogP contribution in [0.1, 0.15) is 40.7 Å². The molecule has 0 bridgehead atoms. The van der Waals surface area contributed by atoms with Crippen molar-refractivity contribution in [3.63, 3.8) is 0 Å². The lowest BCUT2D eigenvalue weighted by molar-refractivity contribution is -0.134. The maximum atomic E-state index is 12.5. The lowest BCUT2D eigenvalue weighted by Gasteiger charge is -2.32. The molecule has 1 heterocycles. The van der Waals surface area contributed by atoms with Crippen molar-refractivity contribution < 1.29 is 19.1 Å². The van der Waals surface area contributed by atoms with Gasteiger partial charge in [-0.25, -0.2) is 0 Å². The number of aryl methyl sites for hydroxylation is 4. The van der Waals surface area contributed by atoms with Crippen LogP contribution < -0.4 is 14.8 Å². The number of nitrogens with zero attached hydrogens (tertiary/aromatic N) is 1. The van der Waals surface area contributed by atoms with E-state index in [2.05, 4.69) is 11.4 Å². The first-order chi connectivity index (χ1) is 15.2. The van der Waals surface area contributed by atoms with E-state index >= 15 is 0 Å². The van der Waals surface area contributed by atoms with Crippen molar-refractivity contribution in [2.45, 2.75) is 53.5 Å². The average molecular weight is 439 g/mol. The van der Waals surface area contributed by atoms with Gasteiger partial charge in [0.2, 0.25) is 0 Å². The summed E-state index contributed by atoms with van der Waals surface area (Å²) in [5, 5.41) is 3.04. The molecule has 0 spiro atoms. The zero-order valence-electron chi connectivity index (χ0n) is 19.8. The number of nitrogens with one attached hydrogen (secondary N) is 1. The van der Waals surface area contributed by atoms with Crippen LogP contribution in [-0.2, 0) is 9.59 Å². The lowest BCUT2D eigenvalue weighted by atomic mass is 10.0. The van der Waals surface area contributed by atoms with Crippen molar-refractivity contribution in [3.8, 4) is 11.5 Å². The molecule has 1 fully saturated rings. The predicted molar refractivity (Wildman–Crippen MR) is 125 cm³/mol. The van der Waals surface area contributed by atoms with E-state index in [9.17, 15) is 9.59 Å². The molecular formula is C26H34N2O4. The Morgan fingerprint density at radius 2 is 1.53 bits per heavy atom. The molecule has 172 valence electrons. The molecule has 0 atom stereocenters. The molecule has 0 saturated carbocycles. The molecule has 0 aromatic heterocycles. The highest BCUT2D eigenvalue weighted by Gasteiger charge is 2.24. The van der Waals surface area contributed by atoms with Crippen LogP contribution in [-0.4, -0.2) is 49.1 Å². The average Bonchev–Trinajstić information content (AvgIpc) is 2.77. The second-order valence-corrected chi connectivity index (χ2v) is 8.70. The van der Waals surface area contributed by atoms with Crippen molar-refractivity contribution in [2.24, 2.45) is 0 Å². The highest BCUT2D eigenvalue weighted by Crippen LogP contribution is 2.25. The number of amides is 2. The van der Waals surface area contributed by atoms with Crippen molar-refractivity contribution in [1.82, 2.24) is 10.2 Å². The van der Waals surface area contributed by atoms with Gasteiger partial charge in [-0.1, -0.05) is 18.2 Å². The SMILES string of the molecule is Cc1ccc(OCC(=O)N2CCC(NC(=O)COc3c(C)ccc(C)c3C)CC2)cc1C. The molecule has 1 aliphatic rings. The molecule has 6 heteroatoms. The molecule has 1 aliphatic heterocycles. The normalized spacial score (nSPS) is 14.2. The monoisotopic (exact) mass is 438 g/mol. The minimum Gasteiger partial charge on any atom is -0.484 e. The van der Waals surface area contributed by atoms with E-state index in [1.165, 1.54) is 5.56 Å². The summed E-state index contributed by atoms with van der Waals surface area (Å²) in [6.45, 7) is 11.3. The number of carbonyl (C=O) groups is 2. The van der Waals surface area contributed by atoms with E-state index in [-0.39, 0.29) is 31.1 Å². The molecule has 2 aromatic carbocycles. The second kappa shape index (κ2) is 10.5. The Morgan fingerprint density at radius 1 is 0.875 bits per heavy atom. The number of hydrogen-bond acceptors (Lipinski definition) is 4. The van der Waals surface area contributed by atoms with E-state index in [1.807, 2.05) is 58.9 Å². The van der Waals surface area contributed by atoms with E-state index in [0.717, 1.165) is 40.8 Å². The third-order valence-electron chi connectivity index (χ3n) is 6.27. The highest BCUT2D eigenvalue weighted by atomic mass is 16.5. The molecular weight excluding hydrogens is 404 g/mol. The Bertz CT molecular complexity index is 978. The molecule has 0 unspecified atom stereocenters. The first-order valence-corrected chi connectivity index (χ1v) is 11.2. The van der Waals surface area contributed by atoms with Crippen LogP contribution in [0.2, 0.25) is 0 Å². The van der Waals surface area contributed by atoms with E-state index in [0.29, 0.717) is 18.8 Å². The number of piperidine rings is 1. The maximum absolute atomic E-state index is 12.5. The standard InChI is InChI=1S/C26H34N2O4/c1-17-8-9-23(14-20(17)4)31-16-25(30)28-12-10-22(11-13-28)27-24(29)15-32-26-19(3)7-6-18(2)21(26)5/h6-9,14,22H,10-13,15-16H2,1-5H3,(H,27,29). The Hall–Kier alpha value is -3.02. The first kappa shape index (κ1) is 23.6. The van der Waals surface area contributed by atoms with Gasteiger partial charge in [0.05, 0.1) is 0 Å². The van der Waals surface area contributed by atoms with E-state index in [4.69, 9.17) is 9.47 Å². The number of hydrogen-bond donors (Lipinski definition) is 1. The van der Waals surface area contributed by atoms with Gasteiger partial charge in [0, 0.05) is 19.1 Å². The molecule has 6 nitrogen and oxygen atoms in total.